The zero-order chi connectivity index (χ0) is 21.1. The molecule has 0 aliphatic carbocycles. The van der Waals surface area contributed by atoms with E-state index in [-0.39, 0.29) is 0 Å². The predicted molar refractivity (Wildman–Crippen MR) is 124 cm³/mol. The average molecular weight is 424 g/mol. The van der Waals surface area contributed by atoms with Crippen LogP contribution in [0.4, 0.5) is 0 Å². The fourth-order valence-electron chi connectivity index (χ4n) is 3.76. The first-order chi connectivity index (χ1) is 14.1. The first-order valence-corrected chi connectivity index (χ1v) is 12.5. The maximum Gasteiger partial charge on any atom is 0.191 e. The highest BCUT2D eigenvalue weighted by atomic mass is 32.2. The Morgan fingerprint density at radius 1 is 1.24 bits per heavy atom. The summed E-state index contributed by atoms with van der Waals surface area (Å²) in [5, 5.41) is 16.8. The van der Waals surface area contributed by atoms with E-state index in [4.69, 9.17) is 4.99 Å². The van der Waals surface area contributed by atoms with Crippen molar-refractivity contribution in [3.8, 4) is 0 Å². The Balaban J connectivity index is 1.83. The number of hydrogen-bond acceptors (Lipinski definition) is 5. The minimum absolute atomic E-state index is 0.527. The summed E-state index contributed by atoms with van der Waals surface area (Å²) in [6.45, 7) is 15.1. The fraction of sp³-hybridized carbons (Fsp3) is 0.857. The Morgan fingerprint density at radius 3 is 2.62 bits per heavy atom. The van der Waals surface area contributed by atoms with E-state index in [1.54, 1.807) is 11.8 Å². The maximum absolute atomic E-state index is 4.81. The van der Waals surface area contributed by atoms with E-state index in [2.05, 4.69) is 64.2 Å². The molecule has 0 atom stereocenters. The smallest absolute Gasteiger partial charge is 0.191 e. The number of aliphatic imine (C=N–C) groups is 1. The first-order valence-electron chi connectivity index (χ1n) is 11.3. The van der Waals surface area contributed by atoms with E-state index in [9.17, 15) is 0 Å². The summed E-state index contributed by atoms with van der Waals surface area (Å²) in [4.78, 5) is 7.38. The molecule has 0 aromatic carbocycles. The van der Waals surface area contributed by atoms with Gasteiger partial charge in [-0.25, -0.2) is 0 Å². The summed E-state index contributed by atoms with van der Waals surface area (Å²) in [6, 6.07) is 0.527. The monoisotopic (exact) mass is 423 g/mol. The second kappa shape index (κ2) is 13.1. The van der Waals surface area contributed by atoms with Gasteiger partial charge in [-0.05, 0) is 51.3 Å². The third-order valence-corrected chi connectivity index (χ3v) is 5.83. The summed E-state index contributed by atoms with van der Waals surface area (Å²) in [6.07, 6.45) is 7.59. The van der Waals surface area contributed by atoms with Crippen LogP contribution < -0.4 is 10.6 Å². The van der Waals surface area contributed by atoms with E-state index in [0.29, 0.717) is 12.0 Å². The van der Waals surface area contributed by atoms with Crippen LogP contribution in [-0.4, -0.2) is 70.6 Å². The van der Waals surface area contributed by atoms with Crippen molar-refractivity contribution in [3.63, 3.8) is 0 Å². The molecule has 29 heavy (non-hydrogen) atoms. The number of rotatable bonds is 11. The summed E-state index contributed by atoms with van der Waals surface area (Å²) >= 11 is 1.67. The van der Waals surface area contributed by atoms with Gasteiger partial charge in [-0.2, -0.15) is 0 Å². The van der Waals surface area contributed by atoms with Crippen molar-refractivity contribution >= 4 is 17.7 Å². The zero-order valence-electron chi connectivity index (χ0n) is 19.1. The fourth-order valence-corrected chi connectivity index (χ4v) is 4.28. The molecule has 7 nitrogen and oxygen atoms in total. The average Bonchev–Trinajstić information content (AvgIpc) is 3.08. The zero-order valence-corrected chi connectivity index (χ0v) is 19.9. The molecule has 0 radical (unpaired) electrons. The van der Waals surface area contributed by atoms with Crippen LogP contribution in [0.2, 0.25) is 0 Å². The number of nitrogens with zero attached hydrogens (tertiary/aromatic N) is 5. The van der Waals surface area contributed by atoms with Crippen LogP contribution in [0, 0.1) is 5.92 Å². The number of likely N-dealkylation sites (tertiary alicyclic amines) is 1. The number of guanidine groups is 1. The van der Waals surface area contributed by atoms with Crippen molar-refractivity contribution in [2.45, 2.75) is 77.5 Å². The summed E-state index contributed by atoms with van der Waals surface area (Å²) in [5.74, 6) is 2.62. The molecule has 8 heteroatoms. The van der Waals surface area contributed by atoms with Crippen molar-refractivity contribution < 1.29 is 0 Å². The Morgan fingerprint density at radius 2 is 2.00 bits per heavy atom. The highest BCUT2D eigenvalue weighted by Gasteiger charge is 2.19. The molecule has 2 rings (SSSR count). The summed E-state index contributed by atoms with van der Waals surface area (Å²) in [7, 11) is 0. The van der Waals surface area contributed by atoms with E-state index in [1.807, 2.05) is 0 Å². The van der Waals surface area contributed by atoms with Gasteiger partial charge in [-0.15, -0.1) is 10.2 Å². The van der Waals surface area contributed by atoms with Gasteiger partial charge in [-0.3, -0.25) is 4.99 Å². The molecule has 0 spiro atoms. The molecule has 1 aromatic heterocycles. The number of aromatic nitrogens is 3. The third-order valence-electron chi connectivity index (χ3n) is 5.16. The van der Waals surface area contributed by atoms with Gasteiger partial charge < -0.3 is 20.1 Å². The molecule has 0 bridgehead atoms. The van der Waals surface area contributed by atoms with E-state index in [1.165, 1.54) is 38.9 Å². The molecule has 1 saturated heterocycles. The van der Waals surface area contributed by atoms with E-state index < -0.39 is 0 Å². The molecule has 0 amide bonds. The molecule has 2 heterocycles. The number of piperidine rings is 1. The van der Waals surface area contributed by atoms with E-state index >= 15 is 0 Å². The Labute approximate surface area is 181 Å². The minimum Gasteiger partial charge on any atom is -0.357 e. The topological polar surface area (TPSA) is 70.4 Å². The molecular weight excluding hydrogens is 382 g/mol. The lowest BCUT2D eigenvalue weighted by Crippen LogP contribution is -2.48. The molecule has 1 fully saturated rings. The van der Waals surface area contributed by atoms with Crippen molar-refractivity contribution in [1.82, 2.24) is 30.3 Å². The normalized spacial score (nSPS) is 16.6. The summed E-state index contributed by atoms with van der Waals surface area (Å²) < 4.78 is 2.27. The lowest BCUT2D eigenvalue weighted by atomic mass is 10.1. The number of aryl methyl sites for hydroxylation is 1. The first kappa shape index (κ1) is 24.0. The highest BCUT2D eigenvalue weighted by molar-refractivity contribution is 7.98. The van der Waals surface area contributed by atoms with Gasteiger partial charge in [0.25, 0.3) is 0 Å². The molecular formula is C21H41N7S. The molecule has 2 N–H and O–H groups in total. The number of nitrogens with one attached hydrogen (secondary N) is 2. The van der Waals surface area contributed by atoms with E-state index in [0.717, 1.165) is 49.4 Å². The van der Waals surface area contributed by atoms with Crippen molar-refractivity contribution in [3.05, 3.63) is 5.82 Å². The largest absolute Gasteiger partial charge is 0.357 e. The number of hydrogen-bond donors (Lipinski definition) is 2. The van der Waals surface area contributed by atoms with Gasteiger partial charge in [0.15, 0.2) is 11.1 Å². The van der Waals surface area contributed by atoms with Crippen molar-refractivity contribution in [1.29, 1.82) is 0 Å². The molecule has 166 valence electrons. The van der Waals surface area contributed by atoms with Crippen LogP contribution in [0.15, 0.2) is 10.1 Å². The van der Waals surface area contributed by atoms with Gasteiger partial charge >= 0.3 is 0 Å². The Kier molecular flexibility index (Phi) is 10.8. The minimum atomic E-state index is 0.527. The van der Waals surface area contributed by atoms with Crippen LogP contribution in [0.25, 0.3) is 0 Å². The lowest BCUT2D eigenvalue weighted by Gasteiger charge is -2.32. The van der Waals surface area contributed by atoms with Crippen LogP contribution >= 0.6 is 11.8 Å². The van der Waals surface area contributed by atoms with Gasteiger partial charge in [0.2, 0.25) is 0 Å². The molecule has 0 saturated carbocycles. The van der Waals surface area contributed by atoms with Crippen molar-refractivity contribution in [2.75, 3.05) is 39.0 Å². The maximum atomic E-state index is 4.81. The lowest BCUT2D eigenvalue weighted by molar-refractivity contribution is 0.206. The van der Waals surface area contributed by atoms with Gasteiger partial charge in [-0.1, -0.05) is 32.5 Å². The molecule has 1 aromatic rings. The van der Waals surface area contributed by atoms with Gasteiger partial charge in [0, 0.05) is 45.2 Å². The van der Waals surface area contributed by atoms with Crippen LogP contribution in [0.3, 0.4) is 0 Å². The van der Waals surface area contributed by atoms with Crippen LogP contribution in [-0.2, 0) is 13.0 Å². The van der Waals surface area contributed by atoms with Crippen molar-refractivity contribution in [2.24, 2.45) is 10.9 Å². The molecule has 1 aliphatic heterocycles. The van der Waals surface area contributed by atoms with Crippen LogP contribution in [0.5, 0.6) is 0 Å². The van der Waals surface area contributed by atoms with Gasteiger partial charge in [0.05, 0.1) is 0 Å². The predicted octanol–water partition coefficient (Wildman–Crippen LogP) is 3.02. The Bertz CT molecular complexity index is 606. The molecule has 1 aliphatic rings. The van der Waals surface area contributed by atoms with Gasteiger partial charge in [0.1, 0.15) is 5.82 Å². The second-order valence-electron chi connectivity index (χ2n) is 8.23. The quantitative estimate of drug-likeness (QED) is 0.247. The second-order valence-corrected chi connectivity index (χ2v) is 9.01. The summed E-state index contributed by atoms with van der Waals surface area (Å²) in [5.41, 5.74) is 0. The third kappa shape index (κ3) is 8.16. The molecule has 0 unspecified atom stereocenters. The highest BCUT2D eigenvalue weighted by Crippen LogP contribution is 2.17. The standard InChI is InChI=1S/C21H41N7S/c1-6-13-27-14-10-18(11-15-27)24-20(22-7-2)23-12-8-9-19-25-26-21(29-5)28(19)16-17(3)4/h17-18H,6-16H2,1-5H3,(H2,22,23,24). The van der Waals surface area contributed by atoms with Crippen LogP contribution in [0.1, 0.15) is 59.2 Å². The Hall–Kier alpha value is -1.28. The number of thioether (sulfide) groups is 1. The SMILES string of the molecule is CCCN1CCC(NC(=NCCCc2nnc(SC)n2CC(C)C)NCC)CC1.